The number of nitrogens with zero attached hydrogens (tertiary/aromatic N) is 9. The van der Waals surface area contributed by atoms with Crippen LogP contribution < -0.4 is 0 Å². The van der Waals surface area contributed by atoms with Crippen molar-refractivity contribution in [3.63, 3.8) is 0 Å². The van der Waals surface area contributed by atoms with Gasteiger partial charge < -0.3 is 32.9 Å². The first-order chi connectivity index (χ1) is 34.8. The number of aromatic nitrogens is 9. The summed E-state index contributed by atoms with van der Waals surface area (Å²) in [6, 6.07) is 20.9. The molecule has 4 aliphatic rings. The lowest BCUT2D eigenvalue weighted by atomic mass is 9.97. The lowest BCUT2D eigenvalue weighted by molar-refractivity contribution is -0.0586. The molecule has 370 valence electrons. The number of hydrogen-bond donors (Lipinski definition) is 2. The molecule has 2 N–H and O–H groups in total. The van der Waals surface area contributed by atoms with Gasteiger partial charge in [-0.15, -0.1) is 0 Å². The molecule has 2 amide bonds. The number of amides is 2. The summed E-state index contributed by atoms with van der Waals surface area (Å²) in [6.07, 6.45) is 8.15. The van der Waals surface area contributed by atoms with E-state index in [2.05, 4.69) is 109 Å². The SMILES string of the molecule is C[C@@H]1CN(C(=O)c2ccc3c4cc(Br)cc(-c5ncn[nH]5)c4n(CC4CC4)c3c2)C[C@H](C)O1.Cc1noc(C)c1-c1cc(-c2ncn[nH]2)c2c(c1)c1ccc(C(=O)N3C[C@@H](C)O[C@@H](C)C3)cc1n2CC1CC1. The molecule has 0 radical (unpaired) electrons. The van der Waals surface area contributed by atoms with E-state index in [0.29, 0.717) is 49.4 Å². The number of hydrogen-bond acceptors (Lipinski definition) is 10. The summed E-state index contributed by atoms with van der Waals surface area (Å²) < 4.78 is 23.0. The van der Waals surface area contributed by atoms with Gasteiger partial charge in [0.1, 0.15) is 18.4 Å². The van der Waals surface area contributed by atoms with Gasteiger partial charge in [0.05, 0.1) is 41.1 Å². The number of carbonyl (C=O) groups excluding carboxylic acids is 2. The number of halogens is 1. The summed E-state index contributed by atoms with van der Waals surface area (Å²) in [5.41, 5.74) is 10.7. The highest BCUT2D eigenvalue weighted by atomic mass is 79.9. The average Bonchev–Trinajstić information content (AvgIpc) is 4.04. The number of morpholine rings is 2. The maximum atomic E-state index is 13.7. The smallest absolute Gasteiger partial charge is 0.254 e. The van der Waals surface area contributed by atoms with Crippen molar-refractivity contribution in [1.82, 2.24) is 54.5 Å². The molecule has 17 heteroatoms. The largest absolute Gasteiger partial charge is 0.372 e. The van der Waals surface area contributed by atoms with Crippen LogP contribution in [0.15, 0.2) is 82.3 Å². The number of nitrogens with one attached hydrogen (secondary N) is 2. The minimum absolute atomic E-state index is 0.0231. The van der Waals surface area contributed by atoms with Crippen molar-refractivity contribution in [2.45, 2.75) is 105 Å². The Morgan fingerprint density at radius 3 is 1.53 bits per heavy atom. The molecule has 2 aliphatic heterocycles. The zero-order valence-corrected chi connectivity index (χ0v) is 43.0. The van der Waals surface area contributed by atoms with E-state index in [4.69, 9.17) is 14.0 Å². The van der Waals surface area contributed by atoms with Gasteiger partial charge in [0.15, 0.2) is 11.6 Å². The molecule has 4 atom stereocenters. The van der Waals surface area contributed by atoms with Gasteiger partial charge in [-0.2, -0.15) is 10.2 Å². The van der Waals surface area contributed by atoms with E-state index in [-0.39, 0.29) is 36.2 Å². The second-order valence-electron chi connectivity index (χ2n) is 20.6. The maximum absolute atomic E-state index is 13.7. The molecule has 0 spiro atoms. The van der Waals surface area contributed by atoms with Crippen molar-refractivity contribution < 1.29 is 23.6 Å². The van der Waals surface area contributed by atoms with Crippen molar-refractivity contribution in [3.05, 3.63) is 100 Å². The second kappa shape index (κ2) is 18.4. The molecular weight excluding hydrogens is 975 g/mol. The fraction of sp³-hybridized carbons (Fsp3) is 0.400. The monoisotopic (exact) mass is 1030 g/mol. The van der Waals surface area contributed by atoms with E-state index in [1.165, 1.54) is 32.0 Å². The fourth-order valence-electron chi connectivity index (χ4n) is 11.3. The summed E-state index contributed by atoms with van der Waals surface area (Å²) in [4.78, 5) is 39.9. The van der Waals surface area contributed by atoms with Crippen LogP contribution in [-0.4, -0.2) is 117 Å². The Kier molecular flexibility index (Phi) is 11.9. The highest BCUT2D eigenvalue weighted by Gasteiger charge is 2.32. The molecule has 4 aromatic carbocycles. The number of fused-ring (bicyclic) bond motifs is 6. The molecule has 2 saturated heterocycles. The fourth-order valence-corrected chi connectivity index (χ4v) is 11.8. The lowest BCUT2D eigenvalue weighted by Crippen LogP contribution is -2.48. The van der Waals surface area contributed by atoms with Crippen LogP contribution in [0.2, 0.25) is 0 Å². The van der Waals surface area contributed by atoms with E-state index in [0.717, 1.165) is 106 Å². The van der Waals surface area contributed by atoms with Crippen molar-refractivity contribution >= 4 is 71.4 Å². The third-order valence-corrected chi connectivity index (χ3v) is 15.2. The van der Waals surface area contributed by atoms with E-state index in [9.17, 15) is 9.59 Å². The van der Waals surface area contributed by atoms with Crippen molar-refractivity contribution in [1.29, 1.82) is 0 Å². The molecule has 5 aromatic heterocycles. The van der Waals surface area contributed by atoms with Gasteiger partial charge in [-0.3, -0.25) is 19.8 Å². The average molecular weight is 1030 g/mol. The Hall–Kier alpha value is -6.69. The van der Waals surface area contributed by atoms with Gasteiger partial charge in [-0.25, -0.2) is 9.97 Å². The van der Waals surface area contributed by atoms with Gasteiger partial charge in [0, 0.05) is 104 Å². The summed E-state index contributed by atoms with van der Waals surface area (Å²) >= 11 is 3.68. The van der Waals surface area contributed by atoms with Crippen LogP contribution in [0.1, 0.15) is 85.5 Å². The first-order valence-electron chi connectivity index (χ1n) is 25.2. The Bertz CT molecular complexity index is 3490. The standard InChI is InChI=1S/C30H32N6O3.C25H26BrN5O2/c1-16-12-35(13-17(2)38-16)30(37)21-7-8-23-24-9-22(27-18(3)34-39-19(27)4)10-25(29-31-15-32-33-29)28(24)36(26(23)11-21)14-20-5-6-20;1-14-10-30(11-15(2)33-14)25(32)17-5-6-19-20-8-18(26)9-21(24-27-13-28-29-24)23(20)31(22(19)7-17)12-16-3-4-16/h7-11,15-17,20H,5-6,12-14H2,1-4H3,(H,31,32,33);5-9,13-16H,3-4,10-12H2,1-2H3,(H,27,28,29)/t16-,17+;14-,15+. The number of H-pyrrole nitrogens is 2. The molecule has 13 rings (SSSR count). The van der Waals surface area contributed by atoms with Crippen LogP contribution in [-0.2, 0) is 22.6 Å². The summed E-state index contributed by atoms with van der Waals surface area (Å²) in [6.45, 7) is 16.3. The van der Waals surface area contributed by atoms with Crippen molar-refractivity contribution in [2.24, 2.45) is 11.8 Å². The molecule has 0 bridgehead atoms. The van der Waals surface area contributed by atoms with E-state index in [1.807, 2.05) is 63.5 Å². The second-order valence-corrected chi connectivity index (χ2v) is 21.6. The van der Waals surface area contributed by atoms with Crippen molar-refractivity contribution in [3.8, 4) is 33.9 Å². The summed E-state index contributed by atoms with van der Waals surface area (Å²) in [5.74, 6) is 3.66. The summed E-state index contributed by atoms with van der Waals surface area (Å²) in [5, 5.41) is 23.1. The number of aromatic amines is 2. The molecule has 72 heavy (non-hydrogen) atoms. The predicted octanol–water partition coefficient (Wildman–Crippen LogP) is 10.5. The van der Waals surface area contributed by atoms with Crippen molar-refractivity contribution in [2.75, 3.05) is 26.2 Å². The number of aryl methyl sites for hydroxylation is 2. The van der Waals surface area contributed by atoms with Crippen LogP contribution in [0.25, 0.3) is 77.5 Å². The first kappa shape index (κ1) is 46.4. The molecular formula is C55H58BrN11O5. The number of ether oxygens (including phenoxy) is 2. The van der Waals surface area contributed by atoms with Crippen LogP contribution >= 0.6 is 15.9 Å². The molecule has 4 fully saturated rings. The number of rotatable bonds is 9. The minimum Gasteiger partial charge on any atom is -0.372 e. The number of carbonyl (C=O) groups is 2. The minimum atomic E-state index is 0.0231. The highest BCUT2D eigenvalue weighted by Crippen LogP contribution is 2.44. The van der Waals surface area contributed by atoms with Crippen LogP contribution in [0.3, 0.4) is 0 Å². The topological polar surface area (TPSA) is 178 Å². The van der Waals surface area contributed by atoms with Gasteiger partial charge >= 0.3 is 0 Å². The molecule has 9 aromatic rings. The Morgan fingerprint density at radius 1 is 0.625 bits per heavy atom. The Labute approximate surface area is 424 Å². The first-order valence-corrected chi connectivity index (χ1v) is 26.0. The normalized spacial score (nSPS) is 20.5. The lowest BCUT2D eigenvalue weighted by Gasteiger charge is -2.35. The summed E-state index contributed by atoms with van der Waals surface area (Å²) in [7, 11) is 0. The zero-order chi connectivity index (χ0) is 49.5. The quantitative estimate of drug-likeness (QED) is 0.141. The Balaban J connectivity index is 0.000000149. The maximum Gasteiger partial charge on any atom is 0.254 e. The van der Waals surface area contributed by atoms with Gasteiger partial charge in [0.2, 0.25) is 0 Å². The molecule has 7 heterocycles. The third-order valence-electron chi connectivity index (χ3n) is 14.7. The Morgan fingerprint density at radius 2 is 1.10 bits per heavy atom. The van der Waals surface area contributed by atoms with Gasteiger partial charge in [0.25, 0.3) is 11.8 Å². The van der Waals surface area contributed by atoms with Gasteiger partial charge in [-0.1, -0.05) is 33.2 Å². The number of benzene rings is 4. The highest BCUT2D eigenvalue weighted by molar-refractivity contribution is 9.10. The van der Waals surface area contributed by atoms with Crippen LogP contribution in [0.4, 0.5) is 0 Å². The molecule has 16 nitrogen and oxygen atoms in total. The predicted molar refractivity (Wildman–Crippen MR) is 280 cm³/mol. The van der Waals surface area contributed by atoms with E-state index in [1.54, 1.807) is 6.33 Å². The van der Waals surface area contributed by atoms with E-state index >= 15 is 0 Å². The molecule has 0 unspecified atom stereocenters. The molecule has 2 saturated carbocycles. The van der Waals surface area contributed by atoms with E-state index < -0.39 is 0 Å². The third kappa shape index (κ3) is 8.68. The van der Waals surface area contributed by atoms with Gasteiger partial charge in [-0.05, 0) is 133 Å². The molecule has 2 aliphatic carbocycles. The zero-order valence-electron chi connectivity index (χ0n) is 41.4. The van der Waals surface area contributed by atoms with Crippen LogP contribution in [0.5, 0.6) is 0 Å². The van der Waals surface area contributed by atoms with Crippen LogP contribution in [0, 0.1) is 25.7 Å².